The van der Waals surface area contributed by atoms with Gasteiger partial charge < -0.3 is 9.88 Å². The first kappa shape index (κ1) is 12.5. The van der Waals surface area contributed by atoms with Gasteiger partial charge >= 0.3 is 0 Å². The third-order valence-corrected chi connectivity index (χ3v) is 4.24. The highest BCUT2D eigenvalue weighted by atomic mass is 32.2. The lowest BCUT2D eigenvalue weighted by molar-refractivity contribution is 0.556. The summed E-state index contributed by atoms with van der Waals surface area (Å²) in [4.78, 5) is 3.94. The summed E-state index contributed by atoms with van der Waals surface area (Å²) in [6, 6.07) is 0.184. The third kappa shape index (κ3) is 2.85. The van der Waals surface area contributed by atoms with E-state index in [2.05, 4.69) is 15.0 Å². The molecule has 0 spiro atoms. The number of nitrogens with one attached hydrogen (secondary N) is 2. The number of imidazole rings is 1. The molecule has 1 aliphatic rings. The quantitative estimate of drug-likeness (QED) is 0.803. The summed E-state index contributed by atoms with van der Waals surface area (Å²) < 4.78 is 28.5. The molecule has 0 amide bonds. The van der Waals surface area contributed by atoms with Crippen molar-refractivity contribution in [2.45, 2.75) is 37.4 Å². The standard InChI is InChI=1S/C10H18N4O2S/c1-8(2)14-6-10(12-7-14)17(15,16)13-9-3-4-11-5-9/h6-9,11,13H,3-5H2,1-2H3/t9-/m1/s1. The van der Waals surface area contributed by atoms with Crippen molar-refractivity contribution in [1.29, 1.82) is 0 Å². The molecule has 0 radical (unpaired) electrons. The maximum absolute atomic E-state index is 12.0. The molecule has 1 fully saturated rings. The number of sulfonamides is 1. The molecule has 0 aliphatic carbocycles. The topological polar surface area (TPSA) is 76.0 Å². The van der Waals surface area contributed by atoms with E-state index < -0.39 is 10.0 Å². The van der Waals surface area contributed by atoms with Gasteiger partial charge in [-0.1, -0.05) is 0 Å². The number of hydrogen-bond acceptors (Lipinski definition) is 4. The molecular weight excluding hydrogens is 240 g/mol. The van der Waals surface area contributed by atoms with Crippen molar-refractivity contribution in [1.82, 2.24) is 19.6 Å². The van der Waals surface area contributed by atoms with E-state index in [1.807, 2.05) is 13.8 Å². The third-order valence-electron chi connectivity index (χ3n) is 2.83. The fourth-order valence-corrected chi connectivity index (χ4v) is 2.98. The van der Waals surface area contributed by atoms with E-state index in [0.717, 1.165) is 13.0 Å². The van der Waals surface area contributed by atoms with Crippen LogP contribution in [0.5, 0.6) is 0 Å². The lowest BCUT2D eigenvalue weighted by Crippen LogP contribution is -2.36. The van der Waals surface area contributed by atoms with Crippen LogP contribution >= 0.6 is 0 Å². The molecule has 0 aromatic carbocycles. The van der Waals surface area contributed by atoms with Crippen LogP contribution < -0.4 is 10.0 Å². The fourth-order valence-electron chi connectivity index (χ4n) is 1.77. The Bertz CT molecular complexity index is 474. The Kier molecular flexibility index (Phi) is 3.50. The molecule has 0 bridgehead atoms. The molecule has 0 unspecified atom stereocenters. The first-order valence-electron chi connectivity index (χ1n) is 5.75. The van der Waals surface area contributed by atoms with Crippen LogP contribution in [0.15, 0.2) is 17.6 Å². The van der Waals surface area contributed by atoms with E-state index in [0.29, 0.717) is 6.54 Å². The van der Waals surface area contributed by atoms with Crippen molar-refractivity contribution in [2.24, 2.45) is 0 Å². The zero-order chi connectivity index (χ0) is 12.5. The second-order valence-corrected chi connectivity index (χ2v) is 6.22. The minimum absolute atomic E-state index is 0.0239. The van der Waals surface area contributed by atoms with Crippen molar-refractivity contribution in [3.63, 3.8) is 0 Å². The molecule has 1 aromatic heterocycles. The van der Waals surface area contributed by atoms with Crippen molar-refractivity contribution in [2.75, 3.05) is 13.1 Å². The Morgan fingerprint density at radius 2 is 2.35 bits per heavy atom. The van der Waals surface area contributed by atoms with Crippen LogP contribution in [0.3, 0.4) is 0 Å². The van der Waals surface area contributed by atoms with Gasteiger partial charge in [0.25, 0.3) is 10.0 Å². The maximum atomic E-state index is 12.0. The highest BCUT2D eigenvalue weighted by Gasteiger charge is 2.24. The zero-order valence-corrected chi connectivity index (χ0v) is 10.9. The Morgan fingerprint density at radius 3 is 2.88 bits per heavy atom. The van der Waals surface area contributed by atoms with E-state index in [9.17, 15) is 8.42 Å². The summed E-state index contributed by atoms with van der Waals surface area (Å²) in [5.41, 5.74) is 0. The first-order valence-corrected chi connectivity index (χ1v) is 7.24. The van der Waals surface area contributed by atoms with Crippen LogP contribution in [0.2, 0.25) is 0 Å². The van der Waals surface area contributed by atoms with Crippen LogP contribution in [0.4, 0.5) is 0 Å². The summed E-state index contributed by atoms with van der Waals surface area (Å²) >= 11 is 0. The lowest BCUT2D eigenvalue weighted by atomic mass is 10.3. The van der Waals surface area contributed by atoms with Crippen molar-refractivity contribution < 1.29 is 8.42 Å². The molecule has 2 rings (SSSR count). The van der Waals surface area contributed by atoms with Gasteiger partial charge in [-0.05, 0) is 26.8 Å². The van der Waals surface area contributed by atoms with Gasteiger partial charge in [-0.15, -0.1) is 0 Å². The molecule has 0 saturated carbocycles. The molecule has 2 N–H and O–H groups in total. The van der Waals surface area contributed by atoms with Gasteiger partial charge in [-0.25, -0.2) is 18.1 Å². The molecule has 2 heterocycles. The minimum atomic E-state index is -3.48. The highest BCUT2D eigenvalue weighted by molar-refractivity contribution is 7.89. The van der Waals surface area contributed by atoms with E-state index in [4.69, 9.17) is 0 Å². The van der Waals surface area contributed by atoms with Crippen LogP contribution in [-0.4, -0.2) is 37.1 Å². The molecule has 1 saturated heterocycles. The Morgan fingerprint density at radius 1 is 1.59 bits per heavy atom. The number of aromatic nitrogens is 2. The van der Waals surface area contributed by atoms with Crippen LogP contribution in [0.25, 0.3) is 0 Å². The number of rotatable bonds is 4. The molecule has 1 atom stereocenters. The van der Waals surface area contributed by atoms with Crippen molar-refractivity contribution >= 4 is 10.0 Å². The van der Waals surface area contributed by atoms with Crippen LogP contribution in [0.1, 0.15) is 26.3 Å². The average molecular weight is 258 g/mol. The SMILES string of the molecule is CC(C)n1cnc(S(=O)(=O)N[C@@H]2CCNC2)c1. The maximum Gasteiger partial charge on any atom is 0.259 e. The number of hydrogen-bond donors (Lipinski definition) is 2. The minimum Gasteiger partial charge on any atom is -0.334 e. The molecule has 96 valence electrons. The van der Waals surface area contributed by atoms with E-state index >= 15 is 0 Å². The van der Waals surface area contributed by atoms with Gasteiger partial charge in [-0.3, -0.25) is 0 Å². The van der Waals surface area contributed by atoms with Gasteiger partial charge in [0.05, 0.1) is 6.33 Å². The first-order chi connectivity index (χ1) is 7.99. The number of nitrogens with zero attached hydrogens (tertiary/aromatic N) is 2. The summed E-state index contributed by atoms with van der Waals surface area (Å²) in [6.07, 6.45) is 3.94. The van der Waals surface area contributed by atoms with Crippen LogP contribution in [0, 0.1) is 0 Å². The van der Waals surface area contributed by atoms with Gasteiger partial charge in [0.2, 0.25) is 0 Å². The predicted molar refractivity (Wildman–Crippen MR) is 64.2 cm³/mol. The second-order valence-electron chi connectivity index (χ2n) is 4.56. The molecule has 7 heteroatoms. The van der Waals surface area contributed by atoms with Gasteiger partial charge in [0.1, 0.15) is 0 Å². The lowest BCUT2D eigenvalue weighted by Gasteiger charge is -2.10. The van der Waals surface area contributed by atoms with Gasteiger partial charge in [0, 0.05) is 24.8 Å². The molecule has 1 aliphatic heterocycles. The second kappa shape index (κ2) is 4.75. The summed E-state index contributed by atoms with van der Waals surface area (Å²) in [5.74, 6) is 0. The molecule has 1 aromatic rings. The smallest absolute Gasteiger partial charge is 0.259 e. The normalized spacial score (nSPS) is 21.2. The summed E-state index contributed by atoms with van der Waals surface area (Å²) in [5, 5.41) is 3.21. The monoisotopic (exact) mass is 258 g/mol. The zero-order valence-electron chi connectivity index (χ0n) is 10.0. The predicted octanol–water partition coefficient (Wildman–Crippen LogP) is 0.104. The van der Waals surface area contributed by atoms with Crippen LogP contribution in [-0.2, 0) is 10.0 Å². The van der Waals surface area contributed by atoms with Gasteiger partial charge in [-0.2, -0.15) is 0 Å². The Balaban J connectivity index is 2.13. The van der Waals surface area contributed by atoms with E-state index in [1.54, 1.807) is 17.1 Å². The van der Waals surface area contributed by atoms with E-state index in [-0.39, 0.29) is 17.1 Å². The summed E-state index contributed by atoms with van der Waals surface area (Å²) in [6.45, 7) is 5.50. The Labute approximate surface area is 101 Å². The van der Waals surface area contributed by atoms with E-state index in [1.165, 1.54) is 0 Å². The Hall–Kier alpha value is -0.920. The average Bonchev–Trinajstić information content (AvgIpc) is 2.84. The highest BCUT2D eigenvalue weighted by Crippen LogP contribution is 2.11. The van der Waals surface area contributed by atoms with Gasteiger partial charge in [0.15, 0.2) is 5.03 Å². The largest absolute Gasteiger partial charge is 0.334 e. The van der Waals surface area contributed by atoms with Crippen molar-refractivity contribution in [3.05, 3.63) is 12.5 Å². The summed E-state index contributed by atoms with van der Waals surface area (Å²) in [7, 11) is -3.48. The molecular formula is C10H18N4O2S. The fraction of sp³-hybridized carbons (Fsp3) is 0.700. The molecule has 17 heavy (non-hydrogen) atoms. The van der Waals surface area contributed by atoms with Crippen molar-refractivity contribution in [3.8, 4) is 0 Å². The molecule has 6 nitrogen and oxygen atoms in total.